The van der Waals surface area contributed by atoms with E-state index in [-0.39, 0.29) is 0 Å². The van der Waals surface area contributed by atoms with Crippen LogP contribution in [0.25, 0.3) is 16.9 Å². The van der Waals surface area contributed by atoms with E-state index in [1.807, 2.05) is 22.8 Å². The SMILES string of the molecule is Cc1ccc(Br)c(-n2c(=S)[nH]c3cccnc32)c1. The van der Waals surface area contributed by atoms with Gasteiger partial charge in [-0.1, -0.05) is 6.07 Å². The Balaban J connectivity index is 2.41. The fourth-order valence-electron chi connectivity index (χ4n) is 1.96. The van der Waals surface area contributed by atoms with Gasteiger partial charge in [-0.15, -0.1) is 0 Å². The first-order valence-corrected chi connectivity index (χ1v) is 6.69. The number of aryl methyl sites for hydroxylation is 1. The number of benzene rings is 1. The summed E-state index contributed by atoms with van der Waals surface area (Å²) in [4.78, 5) is 7.56. The Labute approximate surface area is 118 Å². The molecule has 0 amide bonds. The molecular weight excluding hydrogens is 310 g/mol. The molecule has 90 valence electrons. The summed E-state index contributed by atoms with van der Waals surface area (Å²) in [6, 6.07) is 10.0. The fraction of sp³-hybridized carbons (Fsp3) is 0.0769. The summed E-state index contributed by atoms with van der Waals surface area (Å²) in [6.45, 7) is 2.06. The molecule has 0 bridgehead atoms. The second kappa shape index (κ2) is 4.33. The minimum absolute atomic E-state index is 0.648. The average molecular weight is 320 g/mol. The highest BCUT2D eigenvalue weighted by molar-refractivity contribution is 9.10. The maximum absolute atomic E-state index is 5.38. The monoisotopic (exact) mass is 319 g/mol. The molecule has 0 aliphatic heterocycles. The smallest absolute Gasteiger partial charge is 0.184 e. The molecule has 18 heavy (non-hydrogen) atoms. The normalized spacial score (nSPS) is 11.0. The van der Waals surface area contributed by atoms with Crippen LogP contribution in [0.5, 0.6) is 0 Å². The Morgan fingerprint density at radius 3 is 3.00 bits per heavy atom. The van der Waals surface area contributed by atoms with E-state index >= 15 is 0 Å². The molecule has 0 saturated heterocycles. The first-order chi connectivity index (χ1) is 8.66. The van der Waals surface area contributed by atoms with E-state index in [4.69, 9.17) is 12.2 Å². The summed E-state index contributed by atoms with van der Waals surface area (Å²) < 4.78 is 3.59. The third-order valence-electron chi connectivity index (χ3n) is 2.79. The maximum Gasteiger partial charge on any atom is 0.184 e. The van der Waals surface area contributed by atoms with Gasteiger partial charge in [0.15, 0.2) is 10.4 Å². The zero-order chi connectivity index (χ0) is 12.7. The van der Waals surface area contributed by atoms with Gasteiger partial charge in [0.05, 0.1) is 11.2 Å². The number of aromatic amines is 1. The molecule has 2 heterocycles. The number of nitrogens with one attached hydrogen (secondary N) is 1. The average Bonchev–Trinajstić information content (AvgIpc) is 2.68. The van der Waals surface area contributed by atoms with Crippen molar-refractivity contribution in [2.45, 2.75) is 6.92 Å². The molecule has 3 nitrogen and oxygen atoms in total. The molecule has 0 unspecified atom stereocenters. The van der Waals surface area contributed by atoms with Crippen molar-refractivity contribution < 1.29 is 0 Å². The Kier molecular flexibility index (Phi) is 2.80. The van der Waals surface area contributed by atoms with E-state index in [1.165, 1.54) is 5.56 Å². The predicted molar refractivity (Wildman–Crippen MR) is 78.7 cm³/mol. The van der Waals surface area contributed by atoms with Crippen molar-refractivity contribution in [3.8, 4) is 5.69 Å². The summed E-state index contributed by atoms with van der Waals surface area (Å²) in [5.74, 6) is 0. The van der Waals surface area contributed by atoms with Crippen molar-refractivity contribution in [1.29, 1.82) is 0 Å². The Morgan fingerprint density at radius 1 is 1.33 bits per heavy atom. The van der Waals surface area contributed by atoms with Gasteiger partial charge in [0.1, 0.15) is 0 Å². The lowest BCUT2D eigenvalue weighted by molar-refractivity contribution is 1.03. The van der Waals surface area contributed by atoms with Crippen LogP contribution in [0.2, 0.25) is 0 Å². The largest absolute Gasteiger partial charge is 0.329 e. The molecule has 0 aliphatic carbocycles. The first-order valence-electron chi connectivity index (χ1n) is 5.49. The fourth-order valence-corrected chi connectivity index (χ4v) is 2.68. The number of halogens is 1. The van der Waals surface area contributed by atoms with Crippen LogP contribution in [-0.4, -0.2) is 14.5 Å². The number of aromatic nitrogens is 3. The highest BCUT2D eigenvalue weighted by Gasteiger charge is 2.10. The number of nitrogens with zero attached hydrogens (tertiary/aromatic N) is 2. The van der Waals surface area contributed by atoms with Gasteiger partial charge in [-0.3, -0.25) is 4.57 Å². The molecule has 1 aromatic carbocycles. The zero-order valence-corrected chi connectivity index (χ0v) is 12.0. The molecule has 0 atom stereocenters. The van der Waals surface area contributed by atoms with E-state index in [0.717, 1.165) is 21.3 Å². The van der Waals surface area contributed by atoms with Crippen molar-refractivity contribution >= 4 is 39.3 Å². The summed E-state index contributed by atoms with van der Waals surface area (Å²) >= 11 is 8.95. The molecule has 0 radical (unpaired) electrons. The first kappa shape index (κ1) is 11.6. The topological polar surface area (TPSA) is 33.6 Å². The number of fused-ring (bicyclic) bond motifs is 1. The highest BCUT2D eigenvalue weighted by Crippen LogP contribution is 2.25. The molecule has 3 rings (SSSR count). The minimum atomic E-state index is 0.648. The molecule has 0 aliphatic rings. The van der Waals surface area contributed by atoms with Crippen molar-refractivity contribution in [2.75, 3.05) is 0 Å². The van der Waals surface area contributed by atoms with E-state index in [0.29, 0.717) is 4.77 Å². The Hall–Kier alpha value is -1.46. The summed E-state index contributed by atoms with van der Waals surface area (Å²) in [5, 5.41) is 0. The van der Waals surface area contributed by atoms with Crippen LogP contribution in [0.15, 0.2) is 41.0 Å². The summed E-state index contributed by atoms with van der Waals surface area (Å²) in [5.41, 5.74) is 3.97. The zero-order valence-electron chi connectivity index (χ0n) is 9.64. The standard InChI is InChI=1S/C13H10BrN3S/c1-8-4-5-9(14)11(7-8)17-12-10(16-13(17)18)3-2-6-15-12/h2-7H,1H3,(H,16,18). The summed E-state index contributed by atoms with van der Waals surface area (Å²) in [6.07, 6.45) is 1.77. The summed E-state index contributed by atoms with van der Waals surface area (Å²) in [7, 11) is 0. The van der Waals surface area contributed by atoms with Crippen LogP contribution < -0.4 is 0 Å². The van der Waals surface area contributed by atoms with Gasteiger partial charge >= 0.3 is 0 Å². The lowest BCUT2D eigenvalue weighted by Gasteiger charge is -2.07. The number of pyridine rings is 1. The Morgan fingerprint density at radius 2 is 2.17 bits per heavy atom. The number of imidazole rings is 1. The highest BCUT2D eigenvalue weighted by atomic mass is 79.9. The molecular formula is C13H10BrN3S. The van der Waals surface area contributed by atoms with Crippen molar-refractivity contribution in [1.82, 2.24) is 14.5 Å². The van der Waals surface area contributed by atoms with Crippen LogP contribution in [0.3, 0.4) is 0 Å². The van der Waals surface area contributed by atoms with Gasteiger partial charge in [0, 0.05) is 10.7 Å². The van der Waals surface area contributed by atoms with Crippen LogP contribution in [-0.2, 0) is 0 Å². The van der Waals surface area contributed by atoms with Gasteiger partial charge in [-0.05, 0) is 64.9 Å². The third kappa shape index (κ3) is 1.79. The van der Waals surface area contributed by atoms with Crippen LogP contribution in [0.4, 0.5) is 0 Å². The van der Waals surface area contributed by atoms with Gasteiger partial charge in [0.2, 0.25) is 0 Å². The van der Waals surface area contributed by atoms with E-state index < -0.39 is 0 Å². The van der Waals surface area contributed by atoms with Crippen molar-refractivity contribution in [2.24, 2.45) is 0 Å². The second-order valence-electron chi connectivity index (χ2n) is 4.09. The van der Waals surface area contributed by atoms with E-state index in [9.17, 15) is 0 Å². The van der Waals surface area contributed by atoms with Crippen molar-refractivity contribution in [3.63, 3.8) is 0 Å². The van der Waals surface area contributed by atoms with Crippen LogP contribution in [0, 0.1) is 11.7 Å². The molecule has 0 saturated carbocycles. The van der Waals surface area contributed by atoms with Gasteiger partial charge in [0.25, 0.3) is 0 Å². The van der Waals surface area contributed by atoms with Gasteiger partial charge in [-0.25, -0.2) is 4.98 Å². The molecule has 0 spiro atoms. The quantitative estimate of drug-likeness (QED) is 0.683. The van der Waals surface area contributed by atoms with E-state index in [2.05, 4.69) is 45.0 Å². The molecule has 3 aromatic rings. The van der Waals surface area contributed by atoms with Gasteiger partial charge in [-0.2, -0.15) is 0 Å². The number of hydrogen-bond donors (Lipinski definition) is 1. The van der Waals surface area contributed by atoms with Gasteiger partial charge < -0.3 is 4.98 Å². The van der Waals surface area contributed by atoms with Crippen LogP contribution in [0.1, 0.15) is 5.56 Å². The van der Waals surface area contributed by atoms with Crippen LogP contribution >= 0.6 is 28.1 Å². The molecule has 1 N–H and O–H groups in total. The second-order valence-corrected chi connectivity index (χ2v) is 5.34. The Bertz CT molecular complexity index is 788. The number of rotatable bonds is 1. The number of H-pyrrole nitrogens is 1. The molecule has 2 aromatic heterocycles. The number of hydrogen-bond acceptors (Lipinski definition) is 2. The van der Waals surface area contributed by atoms with E-state index in [1.54, 1.807) is 6.20 Å². The maximum atomic E-state index is 5.38. The lowest BCUT2D eigenvalue weighted by Crippen LogP contribution is -1.97. The molecule has 5 heteroatoms. The predicted octanol–water partition coefficient (Wildman–Crippen LogP) is 4.15. The third-order valence-corrected chi connectivity index (χ3v) is 3.74. The minimum Gasteiger partial charge on any atom is -0.329 e. The van der Waals surface area contributed by atoms with Crippen molar-refractivity contribution in [3.05, 3.63) is 51.3 Å². The lowest BCUT2D eigenvalue weighted by atomic mass is 10.2. The molecule has 0 fully saturated rings.